The molecule has 0 bridgehead atoms. The Morgan fingerprint density at radius 3 is 1.73 bits per heavy atom. The molecule has 0 aliphatic carbocycles. The number of hydrogen-bond donors (Lipinski definition) is 3. The van der Waals surface area contributed by atoms with E-state index in [1.807, 2.05) is 5.32 Å². The number of hydrogen-bond acceptors (Lipinski definition) is 3. The van der Waals surface area contributed by atoms with Crippen LogP contribution in [0.5, 0.6) is 0 Å². The third-order valence-electron chi connectivity index (χ3n) is 2.44. The maximum Gasteiger partial charge on any atom is 0.416 e. The molecule has 0 aliphatic rings. The third kappa shape index (κ3) is 4.62. The van der Waals surface area contributed by atoms with Gasteiger partial charge in [-0.25, -0.2) is 5.84 Å². The highest BCUT2D eigenvalue weighted by atomic mass is 19.4. The van der Waals surface area contributed by atoms with Crippen molar-refractivity contribution in [2.24, 2.45) is 5.84 Å². The van der Waals surface area contributed by atoms with Crippen molar-refractivity contribution in [1.29, 1.82) is 0 Å². The van der Waals surface area contributed by atoms with E-state index in [2.05, 4.69) is 5.84 Å². The van der Waals surface area contributed by atoms with Gasteiger partial charge in [0.15, 0.2) is 0 Å². The van der Waals surface area contributed by atoms with E-state index in [1.54, 1.807) is 0 Å². The quantitative estimate of drug-likeness (QED) is 0.252. The molecule has 0 aliphatic heterocycles. The zero-order valence-corrected chi connectivity index (χ0v) is 10.6. The van der Waals surface area contributed by atoms with Crippen molar-refractivity contribution in [3.05, 3.63) is 34.9 Å². The second-order valence-corrected chi connectivity index (χ2v) is 4.07. The molecule has 1 aromatic carbocycles. The van der Waals surface area contributed by atoms with Crippen molar-refractivity contribution in [2.45, 2.75) is 18.9 Å². The smallest absolute Gasteiger partial charge is 0.344 e. The van der Waals surface area contributed by atoms with Crippen LogP contribution in [0, 0.1) is 0 Å². The van der Waals surface area contributed by atoms with Crippen LogP contribution in [0.3, 0.4) is 0 Å². The summed E-state index contributed by atoms with van der Waals surface area (Å²) in [7, 11) is 0. The fourth-order valence-corrected chi connectivity index (χ4v) is 1.45. The highest BCUT2D eigenvalue weighted by molar-refractivity contribution is 6.34. The van der Waals surface area contributed by atoms with E-state index in [4.69, 9.17) is 0 Å². The Balaban J connectivity index is 3.09. The first-order valence-electron chi connectivity index (χ1n) is 5.52. The minimum Gasteiger partial charge on any atom is -0.344 e. The Morgan fingerprint density at radius 2 is 1.36 bits per heavy atom. The highest BCUT2D eigenvalue weighted by Gasteiger charge is 2.36. The van der Waals surface area contributed by atoms with Crippen molar-refractivity contribution in [2.75, 3.05) is 0 Å². The summed E-state index contributed by atoms with van der Waals surface area (Å²) >= 11 is 0. The first-order chi connectivity index (χ1) is 9.95. The lowest BCUT2D eigenvalue weighted by atomic mass is 10.0. The molecule has 4 N–H and O–H groups in total. The molecule has 0 atom stereocenters. The molecule has 0 radical (unpaired) electrons. The van der Waals surface area contributed by atoms with Crippen molar-refractivity contribution in [1.82, 2.24) is 10.7 Å². The number of rotatable bonds is 2. The van der Waals surface area contributed by atoms with Gasteiger partial charge in [-0.1, -0.05) is 0 Å². The average Bonchev–Trinajstić information content (AvgIpc) is 2.41. The van der Waals surface area contributed by atoms with Crippen LogP contribution in [0.2, 0.25) is 0 Å². The lowest BCUT2D eigenvalue weighted by Crippen LogP contribution is -2.42. The van der Waals surface area contributed by atoms with E-state index in [0.29, 0.717) is 12.1 Å². The maximum atomic E-state index is 12.6. The summed E-state index contributed by atoms with van der Waals surface area (Å²) in [6.07, 6.45) is -9.98. The SMILES string of the molecule is NNC(=O)C(=O)NCc1cc(C(F)(F)F)cc(C(F)(F)F)c1. The van der Waals surface area contributed by atoms with E-state index < -0.39 is 47.4 Å². The summed E-state index contributed by atoms with van der Waals surface area (Å²) in [4.78, 5) is 21.8. The number of benzene rings is 1. The van der Waals surface area contributed by atoms with Crippen LogP contribution in [-0.4, -0.2) is 11.8 Å². The summed E-state index contributed by atoms with van der Waals surface area (Å²) in [5.74, 6) is 2.06. The molecular weight excluding hydrogens is 320 g/mol. The molecule has 0 fully saturated rings. The predicted octanol–water partition coefficient (Wildman–Crippen LogP) is 1.33. The number of nitrogens with one attached hydrogen (secondary N) is 2. The third-order valence-corrected chi connectivity index (χ3v) is 2.44. The van der Waals surface area contributed by atoms with Gasteiger partial charge in [0.05, 0.1) is 11.1 Å². The van der Waals surface area contributed by atoms with E-state index in [0.717, 1.165) is 0 Å². The Morgan fingerprint density at radius 1 is 0.909 bits per heavy atom. The summed E-state index contributed by atoms with van der Waals surface area (Å²) in [6, 6.07) is 0.837. The number of hydrazine groups is 1. The van der Waals surface area contributed by atoms with E-state index >= 15 is 0 Å². The molecular formula is C11H9F6N3O2. The summed E-state index contributed by atoms with van der Waals surface area (Å²) in [5, 5.41) is 1.84. The van der Waals surface area contributed by atoms with Crippen molar-refractivity contribution < 1.29 is 35.9 Å². The van der Waals surface area contributed by atoms with Crippen LogP contribution < -0.4 is 16.6 Å². The molecule has 0 aromatic heterocycles. The molecule has 22 heavy (non-hydrogen) atoms. The molecule has 0 heterocycles. The van der Waals surface area contributed by atoms with Crippen molar-refractivity contribution in [3.8, 4) is 0 Å². The van der Waals surface area contributed by atoms with Gasteiger partial charge >= 0.3 is 24.2 Å². The van der Waals surface area contributed by atoms with Crippen molar-refractivity contribution in [3.63, 3.8) is 0 Å². The minimum atomic E-state index is -4.99. The minimum absolute atomic E-state index is 0.0437. The number of carbonyl (C=O) groups excluding carboxylic acids is 2. The maximum absolute atomic E-state index is 12.6. The molecule has 2 amide bonds. The van der Waals surface area contributed by atoms with Gasteiger partial charge in [-0.3, -0.25) is 15.0 Å². The van der Waals surface area contributed by atoms with Crippen LogP contribution >= 0.6 is 0 Å². The number of halogens is 6. The predicted molar refractivity (Wildman–Crippen MR) is 60.6 cm³/mol. The molecule has 11 heteroatoms. The normalized spacial score (nSPS) is 12.0. The lowest BCUT2D eigenvalue weighted by Gasteiger charge is -2.14. The van der Waals surface area contributed by atoms with Gasteiger partial charge in [0.2, 0.25) is 0 Å². The topological polar surface area (TPSA) is 84.2 Å². The van der Waals surface area contributed by atoms with Crippen LogP contribution in [0.4, 0.5) is 26.3 Å². The van der Waals surface area contributed by atoms with Gasteiger partial charge in [-0.05, 0) is 23.8 Å². The molecule has 0 spiro atoms. The largest absolute Gasteiger partial charge is 0.416 e. The molecule has 122 valence electrons. The van der Waals surface area contributed by atoms with Crippen LogP contribution in [0.25, 0.3) is 0 Å². The lowest BCUT2D eigenvalue weighted by molar-refractivity contribution is -0.143. The standard InChI is InChI=1S/C11H9F6N3O2/c12-10(13,14)6-1-5(2-7(3-6)11(15,16)17)4-19-8(21)9(22)20-18/h1-3H,4,18H2,(H,19,21)(H,20,22). The fourth-order valence-electron chi connectivity index (χ4n) is 1.45. The Labute approximate surface area is 119 Å². The first-order valence-corrected chi connectivity index (χ1v) is 5.52. The monoisotopic (exact) mass is 329 g/mol. The van der Waals surface area contributed by atoms with Crippen LogP contribution in [0.1, 0.15) is 16.7 Å². The average molecular weight is 329 g/mol. The highest BCUT2D eigenvalue weighted by Crippen LogP contribution is 2.36. The summed E-state index contributed by atoms with van der Waals surface area (Å²) in [6.45, 7) is -0.709. The second kappa shape index (κ2) is 6.22. The van der Waals surface area contributed by atoms with Gasteiger partial charge < -0.3 is 5.32 Å². The Bertz CT molecular complexity index is 550. The fraction of sp³-hybridized carbons (Fsp3) is 0.273. The van der Waals surface area contributed by atoms with Crippen LogP contribution in [0.15, 0.2) is 18.2 Å². The molecule has 1 aromatic rings. The molecule has 0 saturated heterocycles. The van der Waals surface area contributed by atoms with E-state index in [-0.39, 0.29) is 6.07 Å². The zero-order valence-electron chi connectivity index (χ0n) is 10.6. The van der Waals surface area contributed by atoms with Crippen LogP contribution in [-0.2, 0) is 28.5 Å². The number of nitrogens with two attached hydrogens (primary N) is 1. The number of amides is 2. The van der Waals surface area contributed by atoms with Gasteiger partial charge in [0, 0.05) is 6.54 Å². The molecule has 0 unspecified atom stereocenters. The van der Waals surface area contributed by atoms with E-state index in [9.17, 15) is 35.9 Å². The van der Waals surface area contributed by atoms with Gasteiger partial charge in [0.25, 0.3) is 0 Å². The second-order valence-electron chi connectivity index (χ2n) is 4.07. The molecule has 0 saturated carbocycles. The van der Waals surface area contributed by atoms with Gasteiger partial charge in [-0.2, -0.15) is 26.3 Å². The summed E-state index contributed by atoms with van der Waals surface area (Å²) in [5.41, 5.74) is -2.05. The van der Waals surface area contributed by atoms with Gasteiger partial charge in [0.1, 0.15) is 0 Å². The summed E-state index contributed by atoms with van der Waals surface area (Å²) < 4.78 is 75.5. The molecule has 5 nitrogen and oxygen atoms in total. The van der Waals surface area contributed by atoms with E-state index in [1.165, 1.54) is 5.43 Å². The Hall–Kier alpha value is -2.30. The first kappa shape index (κ1) is 17.8. The molecule has 1 rings (SSSR count). The Kier molecular flexibility index (Phi) is 5.02. The number of alkyl halides is 6. The van der Waals surface area contributed by atoms with Crippen molar-refractivity contribution >= 4 is 11.8 Å². The van der Waals surface area contributed by atoms with Gasteiger partial charge in [-0.15, -0.1) is 0 Å². The zero-order chi connectivity index (χ0) is 17.1. The number of carbonyl (C=O) groups is 2.